The molecule has 0 aliphatic heterocycles. The van der Waals surface area contributed by atoms with Gasteiger partial charge in [0.2, 0.25) is 0 Å². The van der Waals surface area contributed by atoms with Gasteiger partial charge in [-0.1, -0.05) is 16.8 Å². The number of hydrogen-bond donors (Lipinski definition) is 1. The zero-order valence-corrected chi connectivity index (χ0v) is 9.66. The highest BCUT2D eigenvalue weighted by Crippen LogP contribution is 2.36. The van der Waals surface area contributed by atoms with Crippen molar-refractivity contribution >= 4 is 32.7 Å². The van der Waals surface area contributed by atoms with E-state index in [9.17, 15) is 17.6 Å². The van der Waals surface area contributed by atoms with Crippen LogP contribution in [-0.4, -0.2) is 10.4 Å². The molecule has 1 aromatic carbocycles. The largest absolute Gasteiger partial charge is 0.417 e. The maximum absolute atomic E-state index is 13.4. The Balaban J connectivity index is 3.58. The minimum absolute atomic E-state index is 0.211. The maximum atomic E-state index is 13.4. The van der Waals surface area contributed by atoms with Crippen LogP contribution < -0.4 is 0 Å². The quantitative estimate of drug-likeness (QED) is 0.361. The number of alkyl halides is 3. The molecule has 1 aromatic rings. The summed E-state index contributed by atoms with van der Waals surface area (Å²) in [6.45, 7) is 0. The predicted molar refractivity (Wildman–Crippen MR) is 53.3 cm³/mol. The summed E-state index contributed by atoms with van der Waals surface area (Å²) in [5, 5.41) is 9.69. The number of nitrogens with zero attached hydrogens (tertiary/aromatic N) is 1. The molecular weight excluding hydrogens is 317 g/mol. The second-order valence-electron chi connectivity index (χ2n) is 2.67. The van der Waals surface area contributed by atoms with Crippen LogP contribution in [0.1, 0.15) is 11.1 Å². The number of halogens is 6. The average Bonchev–Trinajstić information content (AvgIpc) is 2.19. The van der Waals surface area contributed by atoms with Crippen LogP contribution >= 0.6 is 27.5 Å². The van der Waals surface area contributed by atoms with Crippen LogP contribution in [0.2, 0.25) is 0 Å². The van der Waals surface area contributed by atoms with Crippen LogP contribution in [-0.2, 0) is 6.18 Å². The topological polar surface area (TPSA) is 32.6 Å². The first-order valence-electron chi connectivity index (χ1n) is 3.72. The van der Waals surface area contributed by atoms with Gasteiger partial charge in [0.05, 0.1) is 15.6 Å². The average molecular weight is 320 g/mol. The molecule has 0 aliphatic rings. The molecule has 1 N–H and O–H groups in total. The Labute approximate surface area is 101 Å². The summed E-state index contributed by atoms with van der Waals surface area (Å²) in [5.74, 6) is -1.24. The van der Waals surface area contributed by atoms with Gasteiger partial charge >= 0.3 is 6.18 Å². The van der Waals surface area contributed by atoms with Gasteiger partial charge in [-0.15, -0.1) is 0 Å². The van der Waals surface area contributed by atoms with Crippen molar-refractivity contribution in [3.63, 3.8) is 0 Å². The highest BCUT2D eigenvalue weighted by molar-refractivity contribution is 9.10. The van der Waals surface area contributed by atoms with Gasteiger partial charge in [0.15, 0.2) is 5.17 Å². The molecule has 88 valence electrons. The second kappa shape index (κ2) is 4.58. The summed E-state index contributed by atoms with van der Waals surface area (Å²) < 4.78 is 50.6. The Hall–Kier alpha value is -0.820. The van der Waals surface area contributed by atoms with E-state index in [0.717, 1.165) is 6.07 Å². The molecule has 0 spiro atoms. The molecule has 0 saturated heterocycles. The van der Waals surface area contributed by atoms with Gasteiger partial charge in [0, 0.05) is 0 Å². The van der Waals surface area contributed by atoms with Crippen molar-refractivity contribution in [3.05, 3.63) is 33.5 Å². The first kappa shape index (κ1) is 13.2. The van der Waals surface area contributed by atoms with E-state index in [2.05, 4.69) is 21.1 Å². The van der Waals surface area contributed by atoms with E-state index in [4.69, 9.17) is 16.8 Å². The Morgan fingerprint density at radius 1 is 1.38 bits per heavy atom. The predicted octanol–water partition coefficient (Wildman–Crippen LogP) is 3.98. The molecule has 1 rings (SSSR count). The number of benzene rings is 1. The fraction of sp³-hybridized carbons (Fsp3) is 0.125. The molecule has 0 atom stereocenters. The summed E-state index contributed by atoms with van der Waals surface area (Å²) in [6, 6.07) is 1.53. The van der Waals surface area contributed by atoms with Crippen molar-refractivity contribution in [3.8, 4) is 0 Å². The molecule has 0 fully saturated rings. The van der Waals surface area contributed by atoms with Gasteiger partial charge < -0.3 is 5.21 Å². The lowest BCUT2D eigenvalue weighted by atomic mass is 10.1. The molecule has 2 nitrogen and oxygen atoms in total. The second-order valence-corrected chi connectivity index (χ2v) is 3.88. The molecule has 0 radical (unpaired) electrons. The molecule has 8 heteroatoms. The highest BCUT2D eigenvalue weighted by Gasteiger charge is 2.36. The van der Waals surface area contributed by atoms with Crippen molar-refractivity contribution in [2.24, 2.45) is 5.16 Å². The Morgan fingerprint density at radius 2 is 1.94 bits per heavy atom. The Morgan fingerprint density at radius 3 is 2.38 bits per heavy atom. The Bertz CT molecular complexity index is 446. The van der Waals surface area contributed by atoms with E-state index in [1.54, 1.807) is 0 Å². The van der Waals surface area contributed by atoms with Gasteiger partial charge in [-0.05, 0) is 28.1 Å². The molecule has 0 unspecified atom stereocenters. The summed E-state index contributed by atoms with van der Waals surface area (Å²) in [6.07, 6.45) is -4.79. The highest BCUT2D eigenvalue weighted by atomic mass is 79.9. The van der Waals surface area contributed by atoms with E-state index in [1.165, 1.54) is 0 Å². The minimum Gasteiger partial charge on any atom is -0.410 e. The minimum atomic E-state index is -4.79. The first-order chi connectivity index (χ1) is 7.29. The summed E-state index contributed by atoms with van der Waals surface area (Å²) in [5.41, 5.74) is -2.30. The third-order valence-electron chi connectivity index (χ3n) is 1.69. The zero-order chi connectivity index (χ0) is 12.5. The zero-order valence-electron chi connectivity index (χ0n) is 7.32. The lowest BCUT2D eigenvalue weighted by Crippen LogP contribution is -2.13. The van der Waals surface area contributed by atoms with E-state index in [0.29, 0.717) is 6.07 Å². The number of oxime groups is 1. The Kier molecular flexibility index (Phi) is 3.80. The van der Waals surface area contributed by atoms with Crippen LogP contribution in [0, 0.1) is 5.82 Å². The van der Waals surface area contributed by atoms with E-state index in [-0.39, 0.29) is 4.47 Å². The molecule has 0 bridgehead atoms. The molecule has 0 heterocycles. The molecule has 0 saturated carbocycles. The van der Waals surface area contributed by atoms with Crippen molar-refractivity contribution in [1.29, 1.82) is 0 Å². The lowest BCUT2D eigenvalue weighted by Gasteiger charge is -2.12. The normalized spacial score (nSPS) is 13.0. The van der Waals surface area contributed by atoms with Crippen LogP contribution in [0.4, 0.5) is 17.6 Å². The summed E-state index contributed by atoms with van der Waals surface area (Å²) in [4.78, 5) is 0. The fourth-order valence-corrected chi connectivity index (χ4v) is 1.55. The third kappa shape index (κ3) is 2.46. The molecule has 0 aromatic heterocycles. The van der Waals surface area contributed by atoms with Crippen molar-refractivity contribution < 1.29 is 22.8 Å². The summed E-state index contributed by atoms with van der Waals surface area (Å²) in [7, 11) is 0. The standard InChI is InChI=1S/C8H3BrClF4NO/c9-4-2-1-3(8(12,13)14)5(6(4)11)7(10)15-16/h1-2,16H. The molecule has 16 heavy (non-hydrogen) atoms. The molecule has 0 aliphatic carbocycles. The van der Waals surface area contributed by atoms with Crippen LogP contribution in [0.3, 0.4) is 0 Å². The van der Waals surface area contributed by atoms with E-state index in [1.807, 2.05) is 0 Å². The van der Waals surface area contributed by atoms with Crippen molar-refractivity contribution in [1.82, 2.24) is 0 Å². The monoisotopic (exact) mass is 319 g/mol. The number of hydrogen-bond acceptors (Lipinski definition) is 2. The van der Waals surface area contributed by atoms with Crippen LogP contribution in [0.5, 0.6) is 0 Å². The lowest BCUT2D eigenvalue weighted by molar-refractivity contribution is -0.137. The van der Waals surface area contributed by atoms with E-state index >= 15 is 0 Å². The van der Waals surface area contributed by atoms with E-state index < -0.39 is 28.3 Å². The van der Waals surface area contributed by atoms with Gasteiger partial charge in [-0.2, -0.15) is 13.2 Å². The number of rotatable bonds is 1. The first-order valence-corrected chi connectivity index (χ1v) is 4.89. The molecular formula is C8H3BrClF4NO. The van der Waals surface area contributed by atoms with Crippen LogP contribution in [0.25, 0.3) is 0 Å². The van der Waals surface area contributed by atoms with Gasteiger partial charge in [0.25, 0.3) is 0 Å². The molecule has 0 amide bonds. The third-order valence-corrected chi connectivity index (χ3v) is 2.57. The summed E-state index contributed by atoms with van der Waals surface area (Å²) >= 11 is 7.93. The van der Waals surface area contributed by atoms with Gasteiger partial charge in [-0.25, -0.2) is 4.39 Å². The smallest absolute Gasteiger partial charge is 0.410 e. The SMILES string of the molecule is ON=C(Cl)c1c(C(F)(F)F)ccc(Br)c1F. The van der Waals surface area contributed by atoms with Crippen molar-refractivity contribution in [2.75, 3.05) is 0 Å². The van der Waals surface area contributed by atoms with Gasteiger partial charge in [0.1, 0.15) is 5.82 Å². The van der Waals surface area contributed by atoms with Gasteiger partial charge in [-0.3, -0.25) is 0 Å². The van der Waals surface area contributed by atoms with Crippen molar-refractivity contribution in [2.45, 2.75) is 6.18 Å². The fourth-order valence-electron chi connectivity index (χ4n) is 1.04. The van der Waals surface area contributed by atoms with Crippen LogP contribution in [0.15, 0.2) is 21.8 Å². The maximum Gasteiger partial charge on any atom is 0.417 e.